The van der Waals surface area contributed by atoms with Gasteiger partial charge in [-0.1, -0.05) is 46.4 Å². The third-order valence-electron chi connectivity index (χ3n) is 2.49. The van der Waals surface area contributed by atoms with E-state index < -0.39 is 5.97 Å². The van der Waals surface area contributed by atoms with E-state index in [-0.39, 0.29) is 17.5 Å². The number of halogens is 4. The number of rotatable bonds is 9. The average molecular weight is 388 g/mol. The summed E-state index contributed by atoms with van der Waals surface area (Å²) in [5, 5.41) is 9.15. The van der Waals surface area contributed by atoms with Gasteiger partial charge in [-0.2, -0.15) is 0 Å². The van der Waals surface area contributed by atoms with Crippen LogP contribution in [0.15, 0.2) is 22.7 Å². The Bertz CT molecular complexity index is 519. The number of aliphatic carboxylic acids is 1. The second-order valence-electron chi connectivity index (χ2n) is 4.22. The van der Waals surface area contributed by atoms with Gasteiger partial charge in [0.25, 0.3) is 0 Å². The molecule has 0 radical (unpaired) electrons. The molecule has 1 aromatic carbocycles. The van der Waals surface area contributed by atoms with Crippen LogP contribution in [0, 0.1) is 0 Å². The van der Waals surface area contributed by atoms with Crippen molar-refractivity contribution in [2.75, 3.05) is 13.2 Å². The fourth-order valence-corrected chi connectivity index (χ4v) is 2.21. The highest BCUT2D eigenvalue weighted by Crippen LogP contribution is 2.37. The lowest BCUT2D eigenvalue weighted by Crippen LogP contribution is -2.01. The number of ether oxygens (including phenoxy) is 2. The summed E-state index contributed by atoms with van der Waals surface area (Å²) in [5.41, 5.74) is 0. The number of unbranched alkanes of at least 4 members (excludes halogenated alkanes) is 1. The van der Waals surface area contributed by atoms with Gasteiger partial charge in [0, 0.05) is 18.6 Å². The molecule has 22 heavy (non-hydrogen) atoms. The average Bonchev–Trinajstić information content (AvgIpc) is 2.40. The van der Waals surface area contributed by atoms with Crippen molar-refractivity contribution in [3.05, 3.63) is 32.7 Å². The molecule has 1 aromatic rings. The van der Waals surface area contributed by atoms with Crippen molar-refractivity contribution in [3.8, 4) is 11.5 Å². The van der Waals surface area contributed by atoms with E-state index in [4.69, 9.17) is 61.0 Å². The summed E-state index contributed by atoms with van der Waals surface area (Å²) in [6, 6.07) is 3.13. The Hall–Kier alpha value is -0.810. The third-order valence-corrected chi connectivity index (χ3v) is 3.36. The van der Waals surface area contributed by atoms with Gasteiger partial charge in [0.1, 0.15) is 16.8 Å². The summed E-state index contributed by atoms with van der Waals surface area (Å²) in [6.07, 6.45) is 2.71. The quantitative estimate of drug-likeness (QED) is 0.582. The van der Waals surface area contributed by atoms with Gasteiger partial charge in [-0.15, -0.1) is 0 Å². The minimum atomic E-state index is -0.830. The molecule has 1 rings (SSSR count). The second kappa shape index (κ2) is 10.1. The maximum Gasteiger partial charge on any atom is 0.303 e. The zero-order valence-electron chi connectivity index (χ0n) is 11.5. The number of carbonyl (C=O) groups is 1. The molecule has 0 fully saturated rings. The Kier molecular flexibility index (Phi) is 8.79. The van der Waals surface area contributed by atoms with Crippen LogP contribution in [0.25, 0.3) is 0 Å². The van der Waals surface area contributed by atoms with Gasteiger partial charge >= 0.3 is 5.97 Å². The first-order valence-corrected chi connectivity index (χ1v) is 7.89. The molecule has 0 aliphatic carbocycles. The Morgan fingerprint density at radius 2 is 1.77 bits per heavy atom. The van der Waals surface area contributed by atoms with Crippen LogP contribution in [0.2, 0.25) is 10.0 Å². The van der Waals surface area contributed by atoms with E-state index in [1.807, 2.05) is 0 Å². The largest absolute Gasteiger partial charge is 0.490 e. The number of carboxylic acids is 1. The Morgan fingerprint density at radius 1 is 1.14 bits per heavy atom. The van der Waals surface area contributed by atoms with Gasteiger partial charge in [-0.3, -0.25) is 4.79 Å². The molecule has 0 aliphatic rings. The molecule has 0 atom stereocenters. The standard InChI is InChI=1S/C14H14Cl4O4/c15-10-7-9(21-6-4-12(17)18)8-11(16)14(10)22-5-2-1-3-13(19)20/h4,7-8H,1-3,5-6H2,(H,19,20). The fraction of sp³-hybridized carbons (Fsp3) is 0.357. The van der Waals surface area contributed by atoms with Crippen LogP contribution >= 0.6 is 46.4 Å². The molecule has 0 bridgehead atoms. The molecule has 0 unspecified atom stereocenters. The van der Waals surface area contributed by atoms with E-state index in [0.29, 0.717) is 41.0 Å². The summed E-state index contributed by atoms with van der Waals surface area (Å²) in [4.78, 5) is 10.4. The van der Waals surface area contributed by atoms with E-state index in [1.54, 1.807) is 12.1 Å². The molecule has 0 heterocycles. The maximum absolute atomic E-state index is 10.4. The normalized spacial score (nSPS) is 10.2. The SMILES string of the molecule is O=C(O)CCCCOc1c(Cl)cc(OCC=C(Cl)Cl)cc1Cl. The van der Waals surface area contributed by atoms with Crippen molar-refractivity contribution >= 4 is 52.4 Å². The Morgan fingerprint density at radius 3 is 2.32 bits per heavy atom. The predicted octanol–water partition coefficient (Wildman–Crippen LogP) is 5.32. The number of hydrogen-bond acceptors (Lipinski definition) is 3. The monoisotopic (exact) mass is 386 g/mol. The zero-order valence-corrected chi connectivity index (χ0v) is 14.5. The number of benzene rings is 1. The Balaban J connectivity index is 2.54. The topological polar surface area (TPSA) is 55.8 Å². The molecule has 0 spiro atoms. The minimum absolute atomic E-state index is 0.105. The van der Waals surface area contributed by atoms with Crippen molar-refractivity contribution in [3.63, 3.8) is 0 Å². The molecular weight excluding hydrogens is 374 g/mol. The number of hydrogen-bond donors (Lipinski definition) is 1. The molecule has 0 aromatic heterocycles. The first kappa shape index (κ1) is 19.2. The lowest BCUT2D eigenvalue weighted by Gasteiger charge is -2.12. The van der Waals surface area contributed by atoms with Gasteiger partial charge in [0.15, 0.2) is 5.75 Å². The zero-order chi connectivity index (χ0) is 16.5. The summed E-state index contributed by atoms with van der Waals surface area (Å²) < 4.78 is 11.0. The van der Waals surface area contributed by atoms with E-state index in [0.717, 1.165) is 0 Å². The highest BCUT2D eigenvalue weighted by Gasteiger charge is 2.10. The van der Waals surface area contributed by atoms with Crippen molar-refractivity contribution < 1.29 is 19.4 Å². The molecule has 0 saturated heterocycles. The summed E-state index contributed by atoms with van der Waals surface area (Å²) in [5.74, 6) is -0.0281. The lowest BCUT2D eigenvalue weighted by atomic mass is 10.2. The highest BCUT2D eigenvalue weighted by molar-refractivity contribution is 6.55. The van der Waals surface area contributed by atoms with Crippen LogP contribution in [-0.2, 0) is 4.79 Å². The molecule has 122 valence electrons. The van der Waals surface area contributed by atoms with Crippen LogP contribution in [0.4, 0.5) is 0 Å². The molecule has 0 saturated carbocycles. The van der Waals surface area contributed by atoms with Crippen LogP contribution in [0.1, 0.15) is 19.3 Å². The van der Waals surface area contributed by atoms with Gasteiger partial charge in [-0.05, 0) is 18.9 Å². The van der Waals surface area contributed by atoms with E-state index >= 15 is 0 Å². The van der Waals surface area contributed by atoms with Crippen molar-refractivity contribution in [2.24, 2.45) is 0 Å². The number of carboxylic acid groups (broad SMARTS) is 1. The predicted molar refractivity (Wildman–Crippen MR) is 88.7 cm³/mol. The first-order chi connectivity index (χ1) is 10.4. The maximum atomic E-state index is 10.4. The Labute approximate surface area is 148 Å². The van der Waals surface area contributed by atoms with Crippen LogP contribution in [0.3, 0.4) is 0 Å². The summed E-state index contributed by atoms with van der Waals surface area (Å²) >= 11 is 23.1. The van der Waals surface area contributed by atoms with Gasteiger partial charge < -0.3 is 14.6 Å². The highest BCUT2D eigenvalue weighted by atomic mass is 35.5. The molecule has 0 amide bonds. The van der Waals surface area contributed by atoms with Crippen molar-refractivity contribution in [2.45, 2.75) is 19.3 Å². The second-order valence-corrected chi connectivity index (χ2v) is 6.04. The van der Waals surface area contributed by atoms with E-state index in [2.05, 4.69) is 0 Å². The molecular formula is C14H14Cl4O4. The third kappa shape index (κ3) is 7.45. The van der Waals surface area contributed by atoms with Crippen molar-refractivity contribution in [1.29, 1.82) is 0 Å². The molecule has 4 nitrogen and oxygen atoms in total. The fourth-order valence-electron chi connectivity index (χ4n) is 1.51. The first-order valence-electron chi connectivity index (χ1n) is 6.37. The molecule has 0 aliphatic heterocycles. The van der Waals surface area contributed by atoms with E-state index in [9.17, 15) is 4.79 Å². The lowest BCUT2D eigenvalue weighted by molar-refractivity contribution is -0.137. The summed E-state index contributed by atoms with van der Waals surface area (Å²) in [6.45, 7) is 0.516. The van der Waals surface area contributed by atoms with Crippen LogP contribution < -0.4 is 9.47 Å². The molecule has 1 N–H and O–H groups in total. The van der Waals surface area contributed by atoms with Crippen LogP contribution in [0.5, 0.6) is 11.5 Å². The van der Waals surface area contributed by atoms with Gasteiger partial charge in [0.05, 0.1) is 16.7 Å². The van der Waals surface area contributed by atoms with Crippen molar-refractivity contribution in [1.82, 2.24) is 0 Å². The van der Waals surface area contributed by atoms with Crippen LogP contribution in [-0.4, -0.2) is 24.3 Å². The van der Waals surface area contributed by atoms with E-state index in [1.165, 1.54) is 6.08 Å². The smallest absolute Gasteiger partial charge is 0.303 e. The molecule has 8 heteroatoms. The minimum Gasteiger partial charge on any atom is -0.490 e. The summed E-state index contributed by atoms with van der Waals surface area (Å²) in [7, 11) is 0. The van der Waals surface area contributed by atoms with Gasteiger partial charge in [-0.25, -0.2) is 0 Å². The van der Waals surface area contributed by atoms with Gasteiger partial charge in [0.2, 0.25) is 0 Å².